The molecule has 1 amide bonds. The maximum absolute atomic E-state index is 12.5. The predicted molar refractivity (Wildman–Crippen MR) is 89.4 cm³/mol. The number of carboxylic acid groups (broad SMARTS) is 1. The molecule has 1 fully saturated rings. The van der Waals surface area contributed by atoms with E-state index < -0.39 is 11.9 Å². The van der Waals surface area contributed by atoms with E-state index in [2.05, 4.69) is 0 Å². The molecule has 0 aromatic heterocycles. The van der Waals surface area contributed by atoms with E-state index in [9.17, 15) is 14.7 Å². The van der Waals surface area contributed by atoms with E-state index in [0.717, 1.165) is 12.0 Å². The number of carboxylic acids is 1. The maximum atomic E-state index is 12.5. The van der Waals surface area contributed by atoms with Gasteiger partial charge < -0.3 is 19.5 Å². The molecular weight excluding hydrogens is 310 g/mol. The summed E-state index contributed by atoms with van der Waals surface area (Å²) in [5, 5.41) is 9.26. The van der Waals surface area contributed by atoms with Crippen molar-refractivity contribution in [3.05, 3.63) is 23.8 Å². The second-order valence-corrected chi connectivity index (χ2v) is 6.10. The summed E-state index contributed by atoms with van der Waals surface area (Å²) in [6.45, 7) is 2.46. The lowest BCUT2D eigenvalue weighted by Crippen LogP contribution is -2.49. The number of piperidine rings is 1. The van der Waals surface area contributed by atoms with E-state index in [1.54, 1.807) is 19.1 Å². The standard InChI is InChI=1S/C18H25NO5/c1-12-14(18(21)22)5-4-10-19(12)17(20)9-7-13-6-8-15(23-2)16(11-13)24-3/h6,8,11-12,14H,4-5,7,9-10H2,1-3H3,(H,21,22)/t12-,14-/m0/s1. The summed E-state index contributed by atoms with van der Waals surface area (Å²) in [5.74, 6) is 0.00756. The van der Waals surface area contributed by atoms with Crippen LogP contribution in [0.4, 0.5) is 0 Å². The number of methoxy groups -OCH3 is 2. The summed E-state index contributed by atoms with van der Waals surface area (Å²) in [6.07, 6.45) is 2.31. The van der Waals surface area contributed by atoms with E-state index in [1.165, 1.54) is 0 Å². The Kier molecular flexibility index (Phi) is 6.06. The van der Waals surface area contributed by atoms with Crippen LogP contribution in [-0.2, 0) is 16.0 Å². The van der Waals surface area contributed by atoms with Gasteiger partial charge in [0.1, 0.15) is 0 Å². The van der Waals surface area contributed by atoms with Crippen molar-refractivity contribution in [1.82, 2.24) is 4.90 Å². The molecule has 2 atom stereocenters. The van der Waals surface area contributed by atoms with Gasteiger partial charge >= 0.3 is 5.97 Å². The number of benzene rings is 1. The summed E-state index contributed by atoms with van der Waals surface area (Å²) in [7, 11) is 3.16. The molecule has 0 unspecified atom stereocenters. The molecule has 1 heterocycles. The van der Waals surface area contributed by atoms with Crippen molar-refractivity contribution in [3.8, 4) is 11.5 Å². The van der Waals surface area contributed by atoms with Gasteiger partial charge in [0.25, 0.3) is 0 Å². The molecule has 132 valence electrons. The number of rotatable bonds is 6. The molecule has 1 aliphatic rings. The van der Waals surface area contributed by atoms with Gasteiger partial charge in [-0.05, 0) is 43.9 Å². The minimum absolute atomic E-state index is 0.00300. The number of nitrogens with zero attached hydrogens (tertiary/aromatic N) is 1. The quantitative estimate of drug-likeness (QED) is 0.863. The Balaban J connectivity index is 1.99. The molecule has 0 bridgehead atoms. The van der Waals surface area contributed by atoms with Crippen molar-refractivity contribution in [2.24, 2.45) is 5.92 Å². The molecule has 0 saturated carbocycles. The highest BCUT2D eigenvalue weighted by Crippen LogP contribution is 2.29. The predicted octanol–water partition coefficient (Wildman–Crippen LogP) is 2.35. The molecule has 2 rings (SSSR count). The van der Waals surface area contributed by atoms with Crippen LogP contribution < -0.4 is 9.47 Å². The van der Waals surface area contributed by atoms with Crippen molar-refractivity contribution < 1.29 is 24.2 Å². The summed E-state index contributed by atoms with van der Waals surface area (Å²) < 4.78 is 10.5. The normalized spacial score (nSPS) is 20.5. The third-order valence-corrected chi connectivity index (χ3v) is 4.70. The Hall–Kier alpha value is -2.24. The zero-order valence-electron chi connectivity index (χ0n) is 14.4. The lowest BCUT2D eigenvalue weighted by atomic mass is 9.90. The minimum atomic E-state index is -0.820. The number of carbonyl (C=O) groups is 2. The molecular formula is C18H25NO5. The van der Waals surface area contributed by atoms with Gasteiger partial charge in [0, 0.05) is 19.0 Å². The Bertz CT molecular complexity index is 601. The monoisotopic (exact) mass is 335 g/mol. The van der Waals surface area contributed by atoms with Crippen LogP contribution in [0.5, 0.6) is 11.5 Å². The SMILES string of the molecule is COc1ccc(CCC(=O)N2CCC[C@H](C(=O)O)[C@@H]2C)cc1OC. The summed E-state index contributed by atoms with van der Waals surface area (Å²) >= 11 is 0. The van der Waals surface area contributed by atoms with E-state index >= 15 is 0 Å². The third-order valence-electron chi connectivity index (χ3n) is 4.70. The zero-order valence-corrected chi connectivity index (χ0v) is 14.4. The topological polar surface area (TPSA) is 76.1 Å². The lowest BCUT2D eigenvalue weighted by molar-refractivity contribution is -0.149. The Labute approximate surface area is 142 Å². The van der Waals surface area contributed by atoms with Crippen LogP contribution in [0.15, 0.2) is 18.2 Å². The van der Waals surface area contributed by atoms with Crippen molar-refractivity contribution in [2.75, 3.05) is 20.8 Å². The molecule has 6 nitrogen and oxygen atoms in total. The fourth-order valence-electron chi connectivity index (χ4n) is 3.26. The van der Waals surface area contributed by atoms with Crippen molar-refractivity contribution in [3.63, 3.8) is 0 Å². The third kappa shape index (κ3) is 3.99. The van der Waals surface area contributed by atoms with Crippen molar-refractivity contribution in [1.29, 1.82) is 0 Å². The Morgan fingerprint density at radius 3 is 2.58 bits per heavy atom. The van der Waals surface area contributed by atoms with E-state index in [-0.39, 0.29) is 11.9 Å². The molecule has 24 heavy (non-hydrogen) atoms. The maximum Gasteiger partial charge on any atom is 0.308 e. The number of carbonyl (C=O) groups excluding carboxylic acids is 1. The van der Waals surface area contributed by atoms with Crippen LogP contribution in [0, 0.1) is 5.92 Å². The van der Waals surface area contributed by atoms with Crippen LogP contribution >= 0.6 is 0 Å². The molecule has 0 radical (unpaired) electrons. The Morgan fingerprint density at radius 2 is 1.96 bits per heavy atom. The van der Waals surface area contributed by atoms with Crippen LogP contribution in [-0.4, -0.2) is 48.7 Å². The summed E-state index contributed by atoms with van der Waals surface area (Å²) in [4.78, 5) is 25.5. The molecule has 6 heteroatoms. The van der Waals surface area contributed by atoms with Crippen LogP contribution in [0.25, 0.3) is 0 Å². The van der Waals surface area contributed by atoms with Gasteiger partial charge in [0.05, 0.1) is 20.1 Å². The first-order valence-corrected chi connectivity index (χ1v) is 8.21. The van der Waals surface area contributed by atoms with Gasteiger partial charge in [0.2, 0.25) is 5.91 Å². The van der Waals surface area contributed by atoms with Crippen molar-refractivity contribution >= 4 is 11.9 Å². The zero-order chi connectivity index (χ0) is 17.7. The smallest absolute Gasteiger partial charge is 0.308 e. The first-order valence-electron chi connectivity index (χ1n) is 8.21. The minimum Gasteiger partial charge on any atom is -0.493 e. The first kappa shape index (κ1) is 18.1. The van der Waals surface area contributed by atoms with Gasteiger partial charge in [-0.1, -0.05) is 6.07 Å². The van der Waals surface area contributed by atoms with Gasteiger partial charge in [-0.3, -0.25) is 9.59 Å². The van der Waals surface area contributed by atoms with Crippen LogP contribution in [0.2, 0.25) is 0 Å². The highest BCUT2D eigenvalue weighted by atomic mass is 16.5. The first-order chi connectivity index (χ1) is 11.5. The van der Waals surface area contributed by atoms with E-state index in [1.807, 2.05) is 25.1 Å². The second kappa shape index (κ2) is 8.04. The highest BCUT2D eigenvalue weighted by molar-refractivity contribution is 5.79. The van der Waals surface area contributed by atoms with Gasteiger partial charge in [0.15, 0.2) is 11.5 Å². The summed E-state index contributed by atoms with van der Waals surface area (Å²) in [6, 6.07) is 5.34. The second-order valence-electron chi connectivity index (χ2n) is 6.10. The van der Waals surface area contributed by atoms with Gasteiger partial charge in [-0.15, -0.1) is 0 Å². The largest absolute Gasteiger partial charge is 0.493 e. The highest BCUT2D eigenvalue weighted by Gasteiger charge is 2.34. The number of amides is 1. The number of aliphatic carboxylic acids is 1. The fourth-order valence-corrected chi connectivity index (χ4v) is 3.26. The van der Waals surface area contributed by atoms with E-state index in [4.69, 9.17) is 9.47 Å². The van der Waals surface area contributed by atoms with Crippen LogP contribution in [0.1, 0.15) is 31.7 Å². The lowest BCUT2D eigenvalue weighted by Gasteiger charge is -2.37. The van der Waals surface area contributed by atoms with Crippen LogP contribution in [0.3, 0.4) is 0 Å². The number of hydrogen-bond acceptors (Lipinski definition) is 4. The number of hydrogen-bond donors (Lipinski definition) is 1. The number of likely N-dealkylation sites (tertiary alicyclic amines) is 1. The Morgan fingerprint density at radius 1 is 1.25 bits per heavy atom. The molecule has 1 N–H and O–H groups in total. The van der Waals surface area contributed by atoms with Gasteiger partial charge in [-0.25, -0.2) is 0 Å². The number of ether oxygens (including phenoxy) is 2. The number of aryl methyl sites for hydroxylation is 1. The molecule has 0 aliphatic carbocycles. The van der Waals surface area contributed by atoms with E-state index in [0.29, 0.717) is 37.3 Å². The molecule has 0 spiro atoms. The molecule has 1 aliphatic heterocycles. The fraction of sp³-hybridized carbons (Fsp3) is 0.556. The molecule has 1 aromatic carbocycles. The average Bonchev–Trinajstić information content (AvgIpc) is 2.59. The average molecular weight is 335 g/mol. The van der Waals surface area contributed by atoms with Gasteiger partial charge in [-0.2, -0.15) is 0 Å². The van der Waals surface area contributed by atoms with Crippen molar-refractivity contribution in [2.45, 2.75) is 38.6 Å². The molecule has 1 saturated heterocycles. The summed E-state index contributed by atoms with van der Waals surface area (Å²) in [5.41, 5.74) is 0.987. The molecule has 1 aromatic rings.